The second kappa shape index (κ2) is 8.09. The van der Waals surface area contributed by atoms with E-state index in [0.29, 0.717) is 11.6 Å². The third kappa shape index (κ3) is 3.51. The smallest absolute Gasteiger partial charge is 0.261 e. The fraction of sp³-hybridized carbons (Fsp3) is 0.259. The Morgan fingerprint density at radius 2 is 1.88 bits per heavy atom. The van der Waals surface area contributed by atoms with Crippen molar-refractivity contribution in [2.75, 3.05) is 16.8 Å². The molecule has 0 spiro atoms. The average Bonchev–Trinajstić information content (AvgIpc) is 3.53. The van der Waals surface area contributed by atoms with E-state index in [2.05, 4.69) is 28.3 Å². The first-order chi connectivity index (χ1) is 16.5. The van der Waals surface area contributed by atoms with Gasteiger partial charge in [0.25, 0.3) is 10.0 Å². The third-order valence-electron chi connectivity index (χ3n) is 7.04. The lowest BCUT2D eigenvalue weighted by Crippen LogP contribution is -2.29. The Bertz CT molecular complexity index is 1400. The minimum atomic E-state index is -3.71. The van der Waals surface area contributed by atoms with Crippen LogP contribution in [-0.2, 0) is 16.4 Å². The maximum absolute atomic E-state index is 13.3. The van der Waals surface area contributed by atoms with Crippen LogP contribution < -0.4 is 19.5 Å². The zero-order valence-corrected chi connectivity index (χ0v) is 19.6. The highest BCUT2D eigenvalue weighted by Gasteiger charge is 2.39. The van der Waals surface area contributed by atoms with Crippen molar-refractivity contribution in [3.63, 3.8) is 0 Å². The van der Waals surface area contributed by atoms with Gasteiger partial charge in [0.2, 0.25) is 6.79 Å². The van der Waals surface area contributed by atoms with Crippen molar-refractivity contribution in [3.05, 3.63) is 89.5 Å². The first-order valence-corrected chi connectivity index (χ1v) is 13.1. The Labute approximate surface area is 199 Å². The molecule has 0 fully saturated rings. The Kier molecular flexibility index (Phi) is 5.03. The SMILES string of the molecule is CCc1ccccc1NS(=O)(=O)c1ccc2c(c1)[C@H]1C=CC[C@H]1[C@@H](c1ccc3c(c1)OCO3)N2. The van der Waals surface area contributed by atoms with Crippen LogP contribution in [0, 0.1) is 5.92 Å². The van der Waals surface area contributed by atoms with Gasteiger partial charge in [0, 0.05) is 11.6 Å². The molecular formula is C27H26N2O4S. The highest BCUT2D eigenvalue weighted by Crippen LogP contribution is 2.51. The van der Waals surface area contributed by atoms with Gasteiger partial charge in [0.05, 0.1) is 16.6 Å². The number of rotatable bonds is 5. The summed E-state index contributed by atoms with van der Waals surface area (Å²) >= 11 is 0. The Hall–Kier alpha value is -3.45. The van der Waals surface area contributed by atoms with Crippen LogP contribution in [0.5, 0.6) is 11.5 Å². The number of benzene rings is 3. The van der Waals surface area contributed by atoms with Crippen molar-refractivity contribution >= 4 is 21.4 Å². The van der Waals surface area contributed by atoms with Crippen molar-refractivity contribution in [3.8, 4) is 11.5 Å². The van der Waals surface area contributed by atoms with Gasteiger partial charge in [-0.05, 0) is 71.8 Å². The summed E-state index contributed by atoms with van der Waals surface area (Å²) in [6, 6.07) is 19.1. The maximum Gasteiger partial charge on any atom is 0.261 e. The molecule has 0 bridgehead atoms. The molecular weight excluding hydrogens is 448 g/mol. The molecule has 7 heteroatoms. The number of fused-ring (bicyclic) bond motifs is 4. The first-order valence-electron chi connectivity index (χ1n) is 11.6. The summed E-state index contributed by atoms with van der Waals surface area (Å²) in [6.45, 7) is 2.27. The summed E-state index contributed by atoms with van der Waals surface area (Å²) in [6.07, 6.45) is 6.08. The molecule has 0 unspecified atom stereocenters. The summed E-state index contributed by atoms with van der Waals surface area (Å²) < 4.78 is 40.4. The molecule has 0 aromatic heterocycles. The molecule has 34 heavy (non-hydrogen) atoms. The van der Waals surface area contributed by atoms with Gasteiger partial charge in [-0.3, -0.25) is 4.72 Å². The Balaban J connectivity index is 1.34. The monoisotopic (exact) mass is 474 g/mol. The molecule has 0 saturated carbocycles. The molecule has 3 aliphatic rings. The van der Waals surface area contributed by atoms with E-state index in [1.54, 1.807) is 6.07 Å². The summed E-state index contributed by atoms with van der Waals surface area (Å²) in [5.41, 5.74) is 4.72. The van der Waals surface area contributed by atoms with Crippen LogP contribution in [0.25, 0.3) is 0 Å². The summed E-state index contributed by atoms with van der Waals surface area (Å²) in [5.74, 6) is 1.98. The minimum absolute atomic E-state index is 0.0963. The number of para-hydroxylation sites is 1. The topological polar surface area (TPSA) is 76.7 Å². The second-order valence-electron chi connectivity index (χ2n) is 8.95. The van der Waals surface area contributed by atoms with Gasteiger partial charge in [-0.2, -0.15) is 0 Å². The van der Waals surface area contributed by atoms with Crippen molar-refractivity contribution in [1.82, 2.24) is 0 Å². The third-order valence-corrected chi connectivity index (χ3v) is 8.41. The van der Waals surface area contributed by atoms with E-state index in [9.17, 15) is 8.42 Å². The Morgan fingerprint density at radius 3 is 2.76 bits per heavy atom. The van der Waals surface area contributed by atoms with Crippen LogP contribution in [0.2, 0.25) is 0 Å². The van der Waals surface area contributed by atoms with Gasteiger partial charge in [-0.1, -0.05) is 43.3 Å². The van der Waals surface area contributed by atoms with E-state index < -0.39 is 10.0 Å². The molecule has 3 atom stereocenters. The maximum atomic E-state index is 13.3. The predicted octanol–water partition coefficient (Wildman–Crippen LogP) is 5.61. The standard InChI is InChI=1S/C27H26N2O4S/c1-2-17-6-3-4-9-23(17)29-34(30,31)19-11-12-24-22(15-19)20-7-5-8-21(20)27(28-24)18-10-13-25-26(14-18)33-16-32-25/h3-7,9-15,20-21,27-29H,2,8,16H2,1H3/t20-,21+,27+/m0/s1. The van der Waals surface area contributed by atoms with E-state index in [1.807, 2.05) is 55.5 Å². The lowest BCUT2D eigenvalue weighted by molar-refractivity contribution is 0.174. The molecule has 0 amide bonds. The molecule has 6 rings (SSSR count). The fourth-order valence-electron chi connectivity index (χ4n) is 5.31. The minimum Gasteiger partial charge on any atom is -0.454 e. The number of nitrogens with one attached hydrogen (secondary N) is 2. The molecule has 2 heterocycles. The van der Waals surface area contributed by atoms with Crippen LogP contribution in [0.15, 0.2) is 77.7 Å². The Morgan fingerprint density at radius 1 is 1.03 bits per heavy atom. The summed E-state index contributed by atoms with van der Waals surface area (Å²) in [7, 11) is -3.71. The molecule has 1 aliphatic carbocycles. The number of sulfonamides is 1. The van der Waals surface area contributed by atoms with Crippen LogP contribution >= 0.6 is 0 Å². The number of hydrogen-bond acceptors (Lipinski definition) is 5. The lowest BCUT2D eigenvalue weighted by atomic mass is 9.77. The van der Waals surface area contributed by atoms with E-state index in [1.165, 1.54) is 0 Å². The summed E-state index contributed by atoms with van der Waals surface area (Å²) in [5, 5.41) is 3.67. The molecule has 174 valence electrons. The molecule has 2 aliphatic heterocycles. The highest BCUT2D eigenvalue weighted by atomic mass is 32.2. The van der Waals surface area contributed by atoms with E-state index in [-0.39, 0.29) is 23.6 Å². The summed E-state index contributed by atoms with van der Waals surface area (Å²) in [4.78, 5) is 0.277. The van der Waals surface area contributed by atoms with Gasteiger partial charge < -0.3 is 14.8 Å². The van der Waals surface area contributed by atoms with E-state index >= 15 is 0 Å². The van der Waals surface area contributed by atoms with Crippen molar-refractivity contribution in [2.45, 2.75) is 36.6 Å². The number of allylic oxidation sites excluding steroid dienone is 2. The van der Waals surface area contributed by atoms with Gasteiger partial charge in [0.15, 0.2) is 11.5 Å². The molecule has 2 N–H and O–H groups in total. The zero-order valence-electron chi connectivity index (χ0n) is 18.8. The number of anilines is 2. The van der Waals surface area contributed by atoms with Crippen LogP contribution in [0.4, 0.5) is 11.4 Å². The van der Waals surface area contributed by atoms with Crippen molar-refractivity contribution < 1.29 is 17.9 Å². The molecule has 3 aromatic carbocycles. The van der Waals surface area contributed by atoms with E-state index in [4.69, 9.17) is 9.47 Å². The predicted molar refractivity (Wildman–Crippen MR) is 132 cm³/mol. The number of hydrogen-bond donors (Lipinski definition) is 2. The average molecular weight is 475 g/mol. The zero-order chi connectivity index (χ0) is 23.3. The highest BCUT2D eigenvalue weighted by molar-refractivity contribution is 7.92. The van der Waals surface area contributed by atoms with Crippen molar-refractivity contribution in [2.24, 2.45) is 5.92 Å². The van der Waals surface area contributed by atoms with E-state index in [0.717, 1.165) is 46.7 Å². The van der Waals surface area contributed by atoms with Crippen molar-refractivity contribution in [1.29, 1.82) is 0 Å². The van der Waals surface area contributed by atoms with Crippen LogP contribution in [-0.4, -0.2) is 15.2 Å². The largest absolute Gasteiger partial charge is 0.454 e. The molecule has 0 saturated heterocycles. The number of ether oxygens (including phenoxy) is 2. The van der Waals surface area contributed by atoms with Gasteiger partial charge >= 0.3 is 0 Å². The molecule has 6 nitrogen and oxygen atoms in total. The molecule has 3 aromatic rings. The van der Waals surface area contributed by atoms with Gasteiger partial charge in [0.1, 0.15) is 0 Å². The van der Waals surface area contributed by atoms with Gasteiger partial charge in [-0.25, -0.2) is 8.42 Å². The first kappa shape index (κ1) is 21.1. The number of aryl methyl sites for hydroxylation is 1. The normalized spacial score (nSPS) is 22.1. The quantitative estimate of drug-likeness (QED) is 0.471. The van der Waals surface area contributed by atoms with Crippen LogP contribution in [0.3, 0.4) is 0 Å². The van der Waals surface area contributed by atoms with Gasteiger partial charge in [-0.15, -0.1) is 0 Å². The molecule has 0 radical (unpaired) electrons. The van der Waals surface area contributed by atoms with Crippen LogP contribution in [0.1, 0.15) is 42.0 Å². The fourth-order valence-corrected chi connectivity index (χ4v) is 6.44. The lowest BCUT2D eigenvalue weighted by Gasteiger charge is -2.37. The second-order valence-corrected chi connectivity index (χ2v) is 10.6.